The van der Waals surface area contributed by atoms with E-state index in [1.165, 1.54) is 0 Å². The van der Waals surface area contributed by atoms with E-state index in [0.29, 0.717) is 12.3 Å². The first-order valence-corrected chi connectivity index (χ1v) is 4.59. The molecule has 2 rings (SSSR count). The highest BCUT2D eigenvalue weighted by Crippen LogP contribution is 2.07. The van der Waals surface area contributed by atoms with E-state index in [9.17, 15) is 4.79 Å². The van der Waals surface area contributed by atoms with Gasteiger partial charge in [0.05, 0.1) is 12.3 Å². The van der Waals surface area contributed by atoms with Crippen LogP contribution in [0.3, 0.4) is 0 Å². The van der Waals surface area contributed by atoms with Crippen LogP contribution in [0.2, 0.25) is 0 Å². The number of hydrogen-bond donors (Lipinski definition) is 0. The predicted molar refractivity (Wildman–Crippen MR) is 53.3 cm³/mol. The van der Waals surface area contributed by atoms with E-state index in [2.05, 4.69) is 5.10 Å². The van der Waals surface area contributed by atoms with E-state index in [1.54, 1.807) is 19.1 Å². The molecule has 0 spiro atoms. The fourth-order valence-electron chi connectivity index (χ4n) is 1.17. The molecule has 0 radical (unpaired) electrons. The summed E-state index contributed by atoms with van der Waals surface area (Å²) in [5.41, 5.74) is 0.650. The number of para-hydroxylation sites is 1. The Hall–Kier alpha value is -2.04. The Morgan fingerprint density at radius 2 is 2.13 bits per heavy atom. The first kappa shape index (κ1) is 9.51. The number of rotatable bonds is 3. The van der Waals surface area contributed by atoms with E-state index >= 15 is 0 Å². The Morgan fingerprint density at radius 1 is 1.40 bits per heavy atom. The topological polar surface area (TPSA) is 57.3 Å². The van der Waals surface area contributed by atoms with Crippen molar-refractivity contribution in [3.8, 4) is 11.8 Å². The Balaban J connectivity index is 2.41. The second kappa shape index (κ2) is 4.00. The molecule has 0 amide bonds. The summed E-state index contributed by atoms with van der Waals surface area (Å²) in [6.45, 7) is 2.20. The highest BCUT2D eigenvalue weighted by atomic mass is 16.6. The van der Waals surface area contributed by atoms with Gasteiger partial charge in [-0.25, -0.2) is 4.79 Å². The van der Waals surface area contributed by atoms with E-state index in [0.717, 1.165) is 4.68 Å². The Bertz CT molecular complexity index is 487. The largest absolute Gasteiger partial charge is 0.449 e. The molecule has 5 nitrogen and oxygen atoms in total. The maximum Gasteiger partial charge on any atom is 0.444 e. The van der Waals surface area contributed by atoms with Crippen LogP contribution in [0.15, 0.2) is 39.5 Å². The summed E-state index contributed by atoms with van der Waals surface area (Å²) in [5.74, 6) is -0.551. The molecular formula is C10H10N2O3. The van der Waals surface area contributed by atoms with Gasteiger partial charge in [-0.15, -0.1) is 0 Å². The maximum absolute atomic E-state index is 11.4. The molecule has 1 heterocycles. The number of nitrogens with zero attached hydrogens (tertiary/aromatic N) is 2. The monoisotopic (exact) mass is 206 g/mol. The molecule has 0 N–H and O–H groups in total. The average Bonchev–Trinajstić information content (AvgIpc) is 2.61. The first-order valence-electron chi connectivity index (χ1n) is 4.59. The van der Waals surface area contributed by atoms with Crippen LogP contribution in [0.25, 0.3) is 5.69 Å². The molecule has 78 valence electrons. The molecule has 0 saturated heterocycles. The van der Waals surface area contributed by atoms with Crippen LogP contribution in [0.4, 0.5) is 0 Å². The summed E-state index contributed by atoms with van der Waals surface area (Å²) in [6.07, 6.45) is -0.00801. The van der Waals surface area contributed by atoms with Gasteiger partial charge in [-0.2, -0.15) is 4.68 Å². The third-order valence-corrected chi connectivity index (χ3v) is 1.80. The lowest BCUT2D eigenvalue weighted by Gasteiger charge is -1.95. The number of ether oxygens (including phenoxy) is 1. The first-order chi connectivity index (χ1) is 7.31. The van der Waals surface area contributed by atoms with Gasteiger partial charge in [-0.3, -0.25) is 0 Å². The maximum atomic E-state index is 11.4. The van der Waals surface area contributed by atoms with Gasteiger partial charge in [0.15, 0.2) is 0 Å². The van der Waals surface area contributed by atoms with Crippen LogP contribution in [0.5, 0.6) is 6.08 Å². The SMILES string of the molecule is CCOc1nn(-c2ccccc2)c(=O)o1. The van der Waals surface area contributed by atoms with Crippen LogP contribution < -0.4 is 10.5 Å². The van der Waals surface area contributed by atoms with Crippen molar-refractivity contribution in [1.29, 1.82) is 0 Å². The van der Waals surface area contributed by atoms with E-state index in [1.807, 2.05) is 18.2 Å². The standard InChI is InChI=1S/C10H10N2O3/c1-2-14-9-11-12(10(13)15-9)8-6-4-3-5-7-8/h3-7H,2H2,1H3. The van der Waals surface area contributed by atoms with Crippen molar-refractivity contribution in [2.45, 2.75) is 6.92 Å². The molecule has 0 unspecified atom stereocenters. The number of benzene rings is 1. The Kier molecular flexibility index (Phi) is 2.53. The molecule has 5 heteroatoms. The van der Waals surface area contributed by atoms with Gasteiger partial charge in [0, 0.05) is 0 Å². The third kappa shape index (κ3) is 1.90. The van der Waals surface area contributed by atoms with Gasteiger partial charge in [0.25, 0.3) is 0 Å². The van der Waals surface area contributed by atoms with Crippen LogP contribution in [0.1, 0.15) is 6.92 Å². The minimum absolute atomic E-state index is 0.00801. The number of hydrogen-bond acceptors (Lipinski definition) is 4. The van der Waals surface area contributed by atoms with Gasteiger partial charge in [0.2, 0.25) is 0 Å². The Morgan fingerprint density at radius 3 is 2.80 bits per heavy atom. The van der Waals surface area contributed by atoms with Gasteiger partial charge in [-0.05, 0) is 19.1 Å². The van der Waals surface area contributed by atoms with Crippen molar-refractivity contribution < 1.29 is 9.15 Å². The van der Waals surface area contributed by atoms with Crippen LogP contribution in [0, 0.1) is 0 Å². The molecule has 0 aliphatic carbocycles. The quantitative estimate of drug-likeness (QED) is 0.757. The highest BCUT2D eigenvalue weighted by Gasteiger charge is 2.09. The molecule has 1 aromatic heterocycles. The molecular weight excluding hydrogens is 196 g/mol. The molecule has 0 saturated carbocycles. The van der Waals surface area contributed by atoms with Crippen molar-refractivity contribution in [3.05, 3.63) is 40.9 Å². The highest BCUT2D eigenvalue weighted by molar-refractivity contribution is 5.29. The zero-order valence-electron chi connectivity index (χ0n) is 8.21. The third-order valence-electron chi connectivity index (χ3n) is 1.80. The smallest absolute Gasteiger partial charge is 0.444 e. The lowest BCUT2D eigenvalue weighted by atomic mass is 10.3. The molecule has 0 fully saturated rings. The van der Waals surface area contributed by atoms with Crippen LogP contribution >= 0.6 is 0 Å². The normalized spacial score (nSPS) is 10.2. The second-order valence-electron chi connectivity index (χ2n) is 2.81. The van der Waals surface area contributed by atoms with Gasteiger partial charge in [-0.1, -0.05) is 23.3 Å². The molecule has 0 atom stereocenters. The van der Waals surface area contributed by atoms with Gasteiger partial charge in [0.1, 0.15) is 0 Å². The summed E-state index contributed by atoms with van der Waals surface area (Å²) in [7, 11) is 0. The lowest BCUT2D eigenvalue weighted by molar-refractivity contribution is 0.238. The summed E-state index contributed by atoms with van der Waals surface area (Å²) in [6, 6.07) is 9.02. The zero-order valence-corrected chi connectivity index (χ0v) is 8.21. The lowest BCUT2D eigenvalue weighted by Crippen LogP contribution is -2.12. The van der Waals surface area contributed by atoms with E-state index in [4.69, 9.17) is 9.15 Å². The van der Waals surface area contributed by atoms with Crippen molar-refractivity contribution in [2.75, 3.05) is 6.61 Å². The van der Waals surface area contributed by atoms with Gasteiger partial charge < -0.3 is 9.15 Å². The second-order valence-corrected chi connectivity index (χ2v) is 2.81. The van der Waals surface area contributed by atoms with Crippen LogP contribution in [-0.2, 0) is 0 Å². The summed E-state index contributed by atoms with van der Waals surface area (Å²) in [4.78, 5) is 11.4. The van der Waals surface area contributed by atoms with E-state index in [-0.39, 0.29) is 6.08 Å². The fourth-order valence-corrected chi connectivity index (χ4v) is 1.17. The molecule has 1 aromatic carbocycles. The predicted octanol–water partition coefficient (Wildman–Crippen LogP) is 1.22. The average molecular weight is 206 g/mol. The minimum Gasteiger partial charge on any atom is -0.449 e. The summed E-state index contributed by atoms with van der Waals surface area (Å²) in [5, 5.41) is 3.89. The molecule has 0 aliphatic heterocycles. The zero-order chi connectivity index (χ0) is 10.7. The molecule has 0 bridgehead atoms. The molecule has 15 heavy (non-hydrogen) atoms. The summed E-state index contributed by atoms with van der Waals surface area (Å²) < 4.78 is 10.9. The van der Waals surface area contributed by atoms with E-state index < -0.39 is 5.76 Å². The van der Waals surface area contributed by atoms with Crippen LogP contribution in [-0.4, -0.2) is 16.4 Å². The molecule has 0 aliphatic rings. The minimum atomic E-state index is -0.551. The Labute approximate surface area is 85.9 Å². The summed E-state index contributed by atoms with van der Waals surface area (Å²) >= 11 is 0. The van der Waals surface area contributed by atoms with Crippen molar-refractivity contribution >= 4 is 0 Å². The van der Waals surface area contributed by atoms with Gasteiger partial charge >= 0.3 is 11.8 Å². The van der Waals surface area contributed by atoms with Crippen molar-refractivity contribution in [2.24, 2.45) is 0 Å². The van der Waals surface area contributed by atoms with Crippen molar-refractivity contribution in [1.82, 2.24) is 9.78 Å². The molecule has 2 aromatic rings. The fraction of sp³-hybridized carbons (Fsp3) is 0.200. The number of aromatic nitrogens is 2. The van der Waals surface area contributed by atoms with Crippen molar-refractivity contribution in [3.63, 3.8) is 0 Å².